The first kappa shape index (κ1) is 20.5. The van der Waals surface area contributed by atoms with Crippen LogP contribution in [0.4, 0.5) is 5.95 Å². The zero-order chi connectivity index (χ0) is 21.1. The van der Waals surface area contributed by atoms with Crippen molar-refractivity contribution < 1.29 is 9.53 Å². The van der Waals surface area contributed by atoms with Crippen LogP contribution in [0.25, 0.3) is 0 Å². The van der Waals surface area contributed by atoms with Gasteiger partial charge in [-0.2, -0.15) is 4.98 Å². The maximum absolute atomic E-state index is 12.8. The van der Waals surface area contributed by atoms with E-state index in [-0.39, 0.29) is 5.97 Å². The number of carbonyl (C=O) groups excluding carboxylic acids is 1. The predicted molar refractivity (Wildman–Crippen MR) is 119 cm³/mol. The molecule has 0 fully saturated rings. The number of ether oxygens (including phenoxy) is 1. The quantitative estimate of drug-likeness (QED) is 0.426. The molecule has 0 saturated heterocycles. The molecule has 0 radical (unpaired) electrons. The van der Waals surface area contributed by atoms with Crippen molar-refractivity contribution in [3.05, 3.63) is 82.0 Å². The van der Waals surface area contributed by atoms with Crippen LogP contribution < -0.4 is 5.32 Å². The summed E-state index contributed by atoms with van der Waals surface area (Å²) >= 11 is 7.63. The zero-order valence-corrected chi connectivity index (χ0v) is 18.2. The van der Waals surface area contributed by atoms with Gasteiger partial charge in [0, 0.05) is 16.5 Å². The fourth-order valence-corrected chi connectivity index (χ4v) is 4.25. The van der Waals surface area contributed by atoms with E-state index in [4.69, 9.17) is 21.4 Å². The Hall–Kier alpha value is -2.77. The first-order valence-corrected chi connectivity index (χ1v) is 11.0. The molecule has 8 heteroatoms. The van der Waals surface area contributed by atoms with Crippen LogP contribution in [0.3, 0.4) is 0 Å². The highest BCUT2D eigenvalue weighted by Crippen LogP contribution is 2.37. The predicted octanol–water partition coefficient (Wildman–Crippen LogP) is 5.08. The number of halogens is 1. The van der Waals surface area contributed by atoms with Crippen molar-refractivity contribution >= 4 is 35.3 Å². The Bertz CT molecular complexity index is 1080. The standard InChI is InChI=1S/C22H21ClN4O2S/c1-3-29-20(28)18-14(2)24-21-25-22(30-13-15-7-5-4-6-8-15)26-27(21)19(18)16-9-11-17(23)12-10-16/h4-12,19H,3,13H2,1-2H3,(H,24,25,26)/t19-/m0/s1. The number of esters is 1. The maximum atomic E-state index is 12.8. The van der Waals surface area contributed by atoms with Crippen LogP contribution in [0.15, 0.2) is 71.0 Å². The highest BCUT2D eigenvalue weighted by Gasteiger charge is 2.35. The summed E-state index contributed by atoms with van der Waals surface area (Å²) < 4.78 is 7.07. The number of benzene rings is 2. The van der Waals surface area contributed by atoms with E-state index in [1.807, 2.05) is 37.3 Å². The summed E-state index contributed by atoms with van der Waals surface area (Å²) in [5, 5.41) is 9.18. The van der Waals surface area contributed by atoms with Crippen LogP contribution in [0, 0.1) is 0 Å². The monoisotopic (exact) mass is 440 g/mol. The molecule has 1 aliphatic rings. The van der Waals surface area contributed by atoms with Gasteiger partial charge in [0.15, 0.2) is 0 Å². The molecule has 154 valence electrons. The third-order valence-corrected chi connectivity index (χ3v) is 5.89. The van der Waals surface area contributed by atoms with Crippen LogP contribution >= 0.6 is 23.4 Å². The lowest BCUT2D eigenvalue weighted by Gasteiger charge is -2.28. The van der Waals surface area contributed by atoms with Crippen LogP contribution in [-0.2, 0) is 15.3 Å². The number of rotatable bonds is 6. The SMILES string of the molecule is CCOC(=O)C1=C(C)Nc2nc(SCc3ccccc3)nn2[C@H]1c1ccc(Cl)cc1. The third kappa shape index (κ3) is 4.22. The Kier molecular flexibility index (Phi) is 6.11. The Morgan fingerprint density at radius 3 is 2.63 bits per heavy atom. The molecule has 0 aliphatic carbocycles. The molecule has 1 aliphatic heterocycles. The summed E-state index contributed by atoms with van der Waals surface area (Å²) in [6.07, 6.45) is 0. The van der Waals surface area contributed by atoms with Crippen molar-refractivity contribution in [2.24, 2.45) is 0 Å². The van der Waals surface area contributed by atoms with E-state index in [0.717, 1.165) is 11.3 Å². The van der Waals surface area contributed by atoms with Gasteiger partial charge in [0.25, 0.3) is 0 Å². The Morgan fingerprint density at radius 1 is 1.20 bits per heavy atom. The van der Waals surface area contributed by atoms with Gasteiger partial charge in [-0.25, -0.2) is 9.48 Å². The van der Waals surface area contributed by atoms with Gasteiger partial charge in [-0.3, -0.25) is 0 Å². The lowest BCUT2D eigenvalue weighted by molar-refractivity contribution is -0.139. The molecule has 1 N–H and O–H groups in total. The van der Waals surface area contributed by atoms with E-state index < -0.39 is 6.04 Å². The van der Waals surface area contributed by atoms with Gasteiger partial charge < -0.3 is 10.1 Å². The number of nitrogens with one attached hydrogen (secondary N) is 1. The second-order valence-electron chi connectivity index (χ2n) is 6.78. The van der Waals surface area contributed by atoms with Gasteiger partial charge in [-0.15, -0.1) is 5.10 Å². The fraction of sp³-hybridized carbons (Fsp3) is 0.227. The summed E-state index contributed by atoms with van der Waals surface area (Å²) in [5.74, 6) is 0.978. The Morgan fingerprint density at radius 2 is 1.93 bits per heavy atom. The lowest BCUT2D eigenvalue weighted by Crippen LogP contribution is -2.29. The van der Waals surface area contributed by atoms with Gasteiger partial charge in [0.2, 0.25) is 11.1 Å². The minimum atomic E-state index is -0.448. The molecule has 4 rings (SSSR count). The van der Waals surface area contributed by atoms with Gasteiger partial charge in [-0.1, -0.05) is 65.8 Å². The topological polar surface area (TPSA) is 69.0 Å². The number of aromatic nitrogens is 3. The lowest BCUT2D eigenvalue weighted by atomic mass is 9.96. The second kappa shape index (κ2) is 8.93. The van der Waals surface area contributed by atoms with Crippen LogP contribution in [-0.4, -0.2) is 27.3 Å². The number of hydrogen-bond acceptors (Lipinski definition) is 6. The zero-order valence-electron chi connectivity index (χ0n) is 16.6. The molecule has 6 nitrogen and oxygen atoms in total. The van der Waals surface area contributed by atoms with E-state index >= 15 is 0 Å². The number of nitrogens with zero attached hydrogens (tertiary/aromatic N) is 3. The van der Waals surface area contributed by atoms with Crippen LogP contribution in [0.2, 0.25) is 5.02 Å². The molecule has 0 unspecified atom stereocenters. The molecule has 0 bridgehead atoms. The Labute approximate surface area is 184 Å². The van der Waals surface area contributed by atoms with Crippen molar-refractivity contribution in [3.8, 4) is 0 Å². The van der Waals surface area contributed by atoms with E-state index in [2.05, 4.69) is 22.4 Å². The molecule has 2 aromatic carbocycles. The second-order valence-corrected chi connectivity index (χ2v) is 8.15. The number of carbonyl (C=O) groups is 1. The number of anilines is 1. The molecule has 0 spiro atoms. The number of hydrogen-bond donors (Lipinski definition) is 1. The molecule has 2 heterocycles. The average Bonchev–Trinajstić information content (AvgIpc) is 3.15. The summed E-state index contributed by atoms with van der Waals surface area (Å²) in [4.78, 5) is 17.4. The number of allylic oxidation sites excluding steroid dienone is 1. The summed E-state index contributed by atoms with van der Waals surface area (Å²) in [7, 11) is 0. The van der Waals surface area contributed by atoms with E-state index in [0.29, 0.717) is 34.0 Å². The molecule has 30 heavy (non-hydrogen) atoms. The Balaban J connectivity index is 1.70. The van der Waals surface area contributed by atoms with E-state index in [9.17, 15) is 4.79 Å². The van der Waals surface area contributed by atoms with Crippen molar-refractivity contribution in [2.45, 2.75) is 30.8 Å². The van der Waals surface area contributed by atoms with Gasteiger partial charge in [0.05, 0.1) is 12.2 Å². The largest absolute Gasteiger partial charge is 0.463 e. The summed E-state index contributed by atoms with van der Waals surface area (Å²) in [5.41, 5.74) is 3.29. The molecule has 1 atom stereocenters. The molecule has 3 aromatic rings. The highest BCUT2D eigenvalue weighted by molar-refractivity contribution is 7.98. The van der Waals surface area contributed by atoms with Gasteiger partial charge in [-0.05, 0) is 37.1 Å². The highest BCUT2D eigenvalue weighted by atomic mass is 35.5. The fourth-order valence-electron chi connectivity index (χ4n) is 3.34. The van der Waals surface area contributed by atoms with Crippen LogP contribution in [0.1, 0.15) is 31.0 Å². The maximum Gasteiger partial charge on any atom is 0.338 e. The minimum absolute atomic E-state index is 0.297. The molecular weight excluding hydrogens is 420 g/mol. The summed E-state index contributed by atoms with van der Waals surface area (Å²) in [6.45, 7) is 3.94. The number of fused-ring (bicyclic) bond motifs is 1. The van der Waals surface area contributed by atoms with Gasteiger partial charge in [0.1, 0.15) is 6.04 Å². The normalized spacial score (nSPS) is 15.5. The van der Waals surface area contributed by atoms with E-state index in [1.165, 1.54) is 5.56 Å². The van der Waals surface area contributed by atoms with Crippen molar-refractivity contribution in [1.82, 2.24) is 14.8 Å². The molecular formula is C22H21ClN4O2S. The van der Waals surface area contributed by atoms with Crippen molar-refractivity contribution in [2.75, 3.05) is 11.9 Å². The summed E-state index contributed by atoms with van der Waals surface area (Å²) in [6, 6.07) is 17.1. The van der Waals surface area contributed by atoms with E-state index in [1.54, 1.807) is 35.5 Å². The van der Waals surface area contributed by atoms with Gasteiger partial charge >= 0.3 is 5.97 Å². The molecule has 1 aromatic heterocycles. The third-order valence-electron chi connectivity index (χ3n) is 4.72. The van der Waals surface area contributed by atoms with Crippen molar-refractivity contribution in [1.29, 1.82) is 0 Å². The van der Waals surface area contributed by atoms with Crippen LogP contribution in [0.5, 0.6) is 0 Å². The smallest absolute Gasteiger partial charge is 0.338 e. The van der Waals surface area contributed by atoms with Crippen molar-refractivity contribution in [3.63, 3.8) is 0 Å². The number of thioether (sulfide) groups is 1. The minimum Gasteiger partial charge on any atom is -0.463 e. The first-order chi connectivity index (χ1) is 14.6. The average molecular weight is 441 g/mol. The molecule has 0 amide bonds. The first-order valence-electron chi connectivity index (χ1n) is 9.60. The molecule has 0 saturated carbocycles.